The van der Waals surface area contributed by atoms with E-state index in [1.165, 1.54) is 6.21 Å². The first-order valence-electron chi connectivity index (χ1n) is 6.54. The Kier molecular flexibility index (Phi) is 5.55. The third-order valence-electron chi connectivity index (χ3n) is 2.76. The molecule has 1 amide bonds. The Bertz CT molecular complexity index is 684. The molecule has 0 aliphatic carbocycles. The number of phenols is 1. The van der Waals surface area contributed by atoms with Gasteiger partial charge in [0.1, 0.15) is 11.5 Å². The molecule has 0 heterocycles. The normalized spacial score (nSPS) is 10.6. The lowest BCUT2D eigenvalue weighted by Crippen LogP contribution is -2.24. The van der Waals surface area contributed by atoms with Crippen LogP contribution in [0.4, 0.5) is 0 Å². The van der Waals surface area contributed by atoms with Crippen molar-refractivity contribution < 1.29 is 14.6 Å². The number of amides is 1. The van der Waals surface area contributed by atoms with E-state index in [2.05, 4.69) is 26.5 Å². The van der Waals surface area contributed by atoms with Crippen molar-refractivity contribution in [2.45, 2.75) is 6.92 Å². The smallest absolute Gasteiger partial charge is 0.277 e. The lowest BCUT2D eigenvalue weighted by atomic mass is 10.1. The van der Waals surface area contributed by atoms with Gasteiger partial charge in [-0.05, 0) is 43.3 Å². The van der Waals surface area contributed by atoms with E-state index < -0.39 is 0 Å². The summed E-state index contributed by atoms with van der Waals surface area (Å²) in [5, 5.41) is 13.4. The van der Waals surface area contributed by atoms with E-state index >= 15 is 0 Å². The second kappa shape index (κ2) is 7.61. The number of carbonyl (C=O) groups is 1. The van der Waals surface area contributed by atoms with Gasteiger partial charge in [0.2, 0.25) is 0 Å². The van der Waals surface area contributed by atoms with Gasteiger partial charge in [-0.15, -0.1) is 0 Å². The molecule has 5 nitrogen and oxygen atoms in total. The summed E-state index contributed by atoms with van der Waals surface area (Å²) in [6.45, 7) is 1.76. The van der Waals surface area contributed by atoms with Gasteiger partial charge < -0.3 is 9.84 Å². The topological polar surface area (TPSA) is 70.9 Å². The van der Waals surface area contributed by atoms with E-state index in [-0.39, 0.29) is 18.3 Å². The highest BCUT2D eigenvalue weighted by atomic mass is 79.9. The highest BCUT2D eigenvalue weighted by molar-refractivity contribution is 9.10. The Morgan fingerprint density at radius 3 is 2.77 bits per heavy atom. The first kappa shape index (κ1) is 16.0. The van der Waals surface area contributed by atoms with Crippen LogP contribution in [0.3, 0.4) is 0 Å². The number of ether oxygens (including phenoxy) is 1. The van der Waals surface area contributed by atoms with Crippen molar-refractivity contribution in [1.29, 1.82) is 0 Å². The molecule has 2 aromatic rings. The molecule has 0 spiro atoms. The Hall–Kier alpha value is -2.34. The molecule has 0 unspecified atom stereocenters. The molecule has 0 aliphatic rings. The molecule has 0 radical (unpaired) electrons. The van der Waals surface area contributed by atoms with E-state index in [4.69, 9.17) is 4.74 Å². The van der Waals surface area contributed by atoms with E-state index in [0.29, 0.717) is 11.3 Å². The predicted octanol–water partition coefficient (Wildman–Crippen LogP) is 2.99. The number of halogens is 1. The first-order chi connectivity index (χ1) is 10.5. The minimum Gasteiger partial charge on any atom is -0.507 e. The molecule has 0 fully saturated rings. The van der Waals surface area contributed by atoms with Gasteiger partial charge in [0.15, 0.2) is 6.61 Å². The third kappa shape index (κ3) is 4.89. The average Bonchev–Trinajstić information content (AvgIpc) is 2.50. The van der Waals surface area contributed by atoms with Crippen molar-refractivity contribution in [2.24, 2.45) is 5.10 Å². The van der Waals surface area contributed by atoms with Crippen LogP contribution in [0.15, 0.2) is 52.0 Å². The number of nitrogens with zero attached hydrogens (tertiary/aromatic N) is 1. The maximum absolute atomic E-state index is 11.6. The Morgan fingerprint density at radius 2 is 2.05 bits per heavy atom. The summed E-state index contributed by atoms with van der Waals surface area (Å²) in [5.74, 6) is 0.319. The SMILES string of the molecule is Cc1ccc(O)c(/C=N/NC(=O)COc2ccc(Br)cc2)c1. The van der Waals surface area contributed by atoms with Crippen LogP contribution in [-0.4, -0.2) is 23.8 Å². The average molecular weight is 363 g/mol. The molecule has 114 valence electrons. The molecular formula is C16H15BrN2O3. The lowest BCUT2D eigenvalue weighted by Gasteiger charge is -2.05. The van der Waals surface area contributed by atoms with Crippen LogP contribution in [0, 0.1) is 6.92 Å². The van der Waals surface area contributed by atoms with E-state index in [9.17, 15) is 9.90 Å². The summed E-state index contributed by atoms with van der Waals surface area (Å²) in [4.78, 5) is 11.6. The first-order valence-corrected chi connectivity index (χ1v) is 7.34. The van der Waals surface area contributed by atoms with E-state index in [0.717, 1.165) is 10.0 Å². The van der Waals surface area contributed by atoms with Gasteiger partial charge >= 0.3 is 0 Å². The van der Waals surface area contributed by atoms with Gasteiger partial charge in [0, 0.05) is 10.0 Å². The molecule has 0 saturated carbocycles. The third-order valence-corrected chi connectivity index (χ3v) is 3.29. The van der Waals surface area contributed by atoms with E-state index in [1.54, 1.807) is 30.3 Å². The number of aromatic hydroxyl groups is 1. The fourth-order valence-electron chi connectivity index (χ4n) is 1.66. The lowest BCUT2D eigenvalue weighted by molar-refractivity contribution is -0.123. The van der Waals surface area contributed by atoms with Crippen LogP contribution >= 0.6 is 15.9 Å². The summed E-state index contributed by atoms with van der Waals surface area (Å²) >= 11 is 3.32. The van der Waals surface area contributed by atoms with Gasteiger partial charge in [-0.2, -0.15) is 5.10 Å². The molecule has 2 rings (SSSR count). The number of aryl methyl sites for hydroxylation is 1. The quantitative estimate of drug-likeness (QED) is 0.634. The zero-order valence-corrected chi connectivity index (χ0v) is 13.5. The second-order valence-electron chi connectivity index (χ2n) is 4.60. The number of phenolic OH excluding ortho intramolecular Hbond substituents is 1. The zero-order valence-electron chi connectivity index (χ0n) is 11.9. The summed E-state index contributed by atoms with van der Waals surface area (Å²) in [7, 11) is 0. The number of nitrogens with one attached hydrogen (secondary N) is 1. The molecular weight excluding hydrogens is 348 g/mol. The van der Waals surface area contributed by atoms with Crippen LogP contribution in [-0.2, 0) is 4.79 Å². The molecule has 0 aliphatic heterocycles. The highest BCUT2D eigenvalue weighted by Crippen LogP contribution is 2.16. The van der Waals surface area contributed by atoms with Crippen molar-refractivity contribution in [3.63, 3.8) is 0 Å². The maximum atomic E-state index is 11.6. The van der Waals surface area contributed by atoms with Crippen LogP contribution in [0.5, 0.6) is 11.5 Å². The molecule has 2 N–H and O–H groups in total. The van der Waals surface area contributed by atoms with Gasteiger partial charge in [-0.3, -0.25) is 4.79 Å². The molecule has 2 aromatic carbocycles. The number of carbonyl (C=O) groups excluding carboxylic acids is 1. The summed E-state index contributed by atoms with van der Waals surface area (Å²) in [6.07, 6.45) is 1.39. The largest absolute Gasteiger partial charge is 0.507 e. The molecule has 0 atom stereocenters. The predicted molar refractivity (Wildman–Crippen MR) is 88.2 cm³/mol. The van der Waals surface area contributed by atoms with Crippen LogP contribution in [0.25, 0.3) is 0 Å². The van der Waals surface area contributed by atoms with Crippen molar-refractivity contribution >= 4 is 28.1 Å². The van der Waals surface area contributed by atoms with Crippen molar-refractivity contribution in [3.05, 3.63) is 58.1 Å². The van der Waals surface area contributed by atoms with Crippen LogP contribution in [0.2, 0.25) is 0 Å². The van der Waals surface area contributed by atoms with Crippen LogP contribution in [0.1, 0.15) is 11.1 Å². The number of benzene rings is 2. The molecule has 0 bridgehead atoms. The number of hydrogen-bond donors (Lipinski definition) is 2. The molecule has 22 heavy (non-hydrogen) atoms. The van der Waals surface area contributed by atoms with Crippen LogP contribution < -0.4 is 10.2 Å². The zero-order chi connectivity index (χ0) is 15.9. The van der Waals surface area contributed by atoms with Gasteiger partial charge in [0.25, 0.3) is 5.91 Å². The fraction of sp³-hybridized carbons (Fsp3) is 0.125. The van der Waals surface area contributed by atoms with Crippen molar-refractivity contribution in [3.8, 4) is 11.5 Å². The molecule has 0 saturated heterocycles. The van der Waals surface area contributed by atoms with Crippen molar-refractivity contribution in [1.82, 2.24) is 5.43 Å². The monoisotopic (exact) mass is 362 g/mol. The Labute approximate surface area is 136 Å². The minimum absolute atomic E-state index is 0.106. The summed E-state index contributed by atoms with van der Waals surface area (Å²) in [5.41, 5.74) is 3.87. The standard InChI is InChI=1S/C16H15BrN2O3/c1-11-2-7-15(20)12(8-11)9-18-19-16(21)10-22-14-5-3-13(17)4-6-14/h2-9,20H,10H2,1H3,(H,19,21)/b18-9+. The number of hydrazone groups is 1. The molecule has 0 aromatic heterocycles. The van der Waals surface area contributed by atoms with Gasteiger partial charge in [0.05, 0.1) is 6.21 Å². The van der Waals surface area contributed by atoms with Crippen molar-refractivity contribution in [2.75, 3.05) is 6.61 Å². The summed E-state index contributed by atoms with van der Waals surface area (Å²) in [6, 6.07) is 12.3. The highest BCUT2D eigenvalue weighted by Gasteiger charge is 2.02. The summed E-state index contributed by atoms with van der Waals surface area (Å²) < 4.78 is 6.25. The molecule has 6 heteroatoms. The van der Waals surface area contributed by atoms with E-state index in [1.807, 2.05) is 19.1 Å². The second-order valence-corrected chi connectivity index (χ2v) is 5.51. The van der Waals surface area contributed by atoms with Gasteiger partial charge in [-0.1, -0.05) is 27.6 Å². The maximum Gasteiger partial charge on any atom is 0.277 e. The van der Waals surface area contributed by atoms with Gasteiger partial charge in [-0.25, -0.2) is 5.43 Å². The Balaban J connectivity index is 1.83. The number of hydrogen-bond acceptors (Lipinski definition) is 4. The number of rotatable bonds is 5. The Morgan fingerprint density at radius 1 is 1.32 bits per heavy atom. The fourth-order valence-corrected chi connectivity index (χ4v) is 1.93. The minimum atomic E-state index is -0.383.